The summed E-state index contributed by atoms with van der Waals surface area (Å²) in [5.74, 6) is 0. The molecule has 4 heteroatoms. The molecule has 3 aromatic rings. The molecule has 30 heavy (non-hydrogen) atoms. The van der Waals surface area contributed by atoms with Gasteiger partial charge in [-0.15, -0.1) is 41.5 Å². The van der Waals surface area contributed by atoms with Crippen LogP contribution in [0, 0.1) is 6.07 Å². The number of benzene rings is 3. The Morgan fingerprint density at radius 2 is 1.33 bits per heavy atom. The van der Waals surface area contributed by atoms with E-state index in [-0.39, 0.29) is 0 Å². The predicted molar refractivity (Wildman–Crippen MR) is 125 cm³/mol. The first-order chi connectivity index (χ1) is 14.6. The van der Waals surface area contributed by atoms with Crippen molar-refractivity contribution in [2.45, 2.75) is 26.4 Å². The summed E-state index contributed by atoms with van der Waals surface area (Å²) >= 11 is -0.556. The molecular weight excluding hydrogens is 447 g/mol. The van der Waals surface area contributed by atoms with E-state index in [1.807, 2.05) is 72.8 Å². The van der Waals surface area contributed by atoms with Gasteiger partial charge in [-0.1, -0.05) is 77.9 Å². The number of hydrogen-bond acceptors (Lipinski definition) is 1. The van der Waals surface area contributed by atoms with Gasteiger partial charge in [0.2, 0.25) is 0 Å². The summed E-state index contributed by atoms with van der Waals surface area (Å²) in [6.07, 6.45) is 2.83. The molecule has 154 valence electrons. The minimum atomic E-state index is -0.556. The van der Waals surface area contributed by atoms with Gasteiger partial charge in [-0.2, -0.15) is 0 Å². The fourth-order valence-corrected chi connectivity index (χ4v) is 3.16. The Labute approximate surface area is 196 Å². The van der Waals surface area contributed by atoms with Crippen molar-refractivity contribution in [2.24, 2.45) is 0 Å². The van der Waals surface area contributed by atoms with Crippen molar-refractivity contribution in [3.05, 3.63) is 125 Å². The van der Waals surface area contributed by atoms with E-state index in [9.17, 15) is 5.11 Å². The Kier molecular flexibility index (Phi) is 11.2. The maximum atomic E-state index is 9.99. The van der Waals surface area contributed by atoms with Crippen LogP contribution >= 0.6 is 18.6 Å². The van der Waals surface area contributed by atoms with Gasteiger partial charge in [0.05, 0.1) is 0 Å². The number of allylic oxidation sites excluding steroid dienone is 4. The molecule has 0 saturated carbocycles. The molecule has 1 N–H and O–H groups in total. The molecule has 0 spiro atoms. The van der Waals surface area contributed by atoms with Gasteiger partial charge in [-0.3, -0.25) is 0 Å². The molecule has 0 unspecified atom stereocenters. The van der Waals surface area contributed by atoms with Gasteiger partial charge in [0.25, 0.3) is 0 Å². The van der Waals surface area contributed by atoms with Crippen molar-refractivity contribution in [1.29, 1.82) is 0 Å². The first-order valence-corrected chi connectivity index (χ1v) is 14.0. The third-order valence-corrected chi connectivity index (χ3v) is 4.92. The second kappa shape index (κ2) is 13.6. The van der Waals surface area contributed by atoms with E-state index in [0.29, 0.717) is 0 Å². The zero-order valence-corrected chi connectivity index (χ0v) is 20.2. The van der Waals surface area contributed by atoms with Crippen LogP contribution in [0.4, 0.5) is 0 Å². The Morgan fingerprint density at radius 1 is 0.833 bits per heavy atom. The van der Waals surface area contributed by atoms with Crippen LogP contribution in [-0.2, 0) is 17.0 Å². The normalized spacial score (nSPS) is 12.4. The topological polar surface area (TPSA) is 20.2 Å². The van der Waals surface area contributed by atoms with E-state index < -0.39 is 23.1 Å². The molecule has 1 nitrogen and oxygen atoms in total. The Bertz CT molecular complexity index is 899. The van der Waals surface area contributed by atoms with E-state index in [4.69, 9.17) is 18.6 Å². The van der Waals surface area contributed by atoms with Crippen LogP contribution in [-0.4, -0.2) is 5.11 Å². The van der Waals surface area contributed by atoms with E-state index in [1.54, 1.807) is 0 Å². The molecule has 0 radical (unpaired) electrons. The van der Waals surface area contributed by atoms with E-state index >= 15 is 0 Å². The minimum absolute atomic E-state index is 0.516. The monoisotopic (exact) mass is 471 g/mol. The Morgan fingerprint density at radius 3 is 1.73 bits per heavy atom. The van der Waals surface area contributed by atoms with Gasteiger partial charge in [0.1, 0.15) is 6.10 Å². The number of aliphatic hydroxyl groups excluding tert-OH is 1. The van der Waals surface area contributed by atoms with Gasteiger partial charge >= 0.3 is 35.6 Å². The van der Waals surface area contributed by atoms with Crippen molar-refractivity contribution in [3.63, 3.8) is 0 Å². The van der Waals surface area contributed by atoms with Gasteiger partial charge in [0, 0.05) is 0 Å². The SMILES string of the molecule is CC1=CCC(c2[c-]cccc2)=C1C.OC(c1ccccc1)c1ccccc1.[Cl][Ti][Cl]. The van der Waals surface area contributed by atoms with Crippen LogP contribution in [0.2, 0.25) is 0 Å². The van der Waals surface area contributed by atoms with E-state index in [0.717, 1.165) is 17.5 Å². The number of aliphatic hydroxyl groups is 1. The summed E-state index contributed by atoms with van der Waals surface area (Å²) in [6.45, 7) is 4.36. The molecule has 0 saturated heterocycles. The van der Waals surface area contributed by atoms with E-state index in [1.165, 1.54) is 22.3 Å². The van der Waals surface area contributed by atoms with Gasteiger partial charge < -0.3 is 5.11 Å². The zero-order valence-electron chi connectivity index (χ0n) is 17.1. The summed E-state index contributed by atoms with van der Waals surface area (Å²) < 4.78 is 0. The molecule has 0 aliphatic heterocycles. The van der Waals surface area contributed by atoms with Gasteiger partial charge in [-0.25, -0.2) is 0 Å². The third-order valence-electron chi connectivity index (χ3n) is 4.92. The molecule has 4 rings (SSSR count). The number of hydrogen-bond donors (Lipinski definition) is 1. The van der Waals surface area contributed by atoms with E-state index in [2.05, 4.69) is 38.1 Å². The zero-order chi connectivity index (χ0) is 21.8. The quantitative estimate of drug-likeness (QED) is 0.305. The van der Waals surface area contributed by atoms with Crippen molar-refractivity contribution in [1.82, 2.24) is 0 Å². The second-order valence-corrected chi connectivity index (χ2v) is 9.35. The fraction of sp³-hybridized carbons (Fsp3) is 0.154. The first-order valence-electron chi connectivity index (χ1n) is 9.66. The summed E-state index contributed by atoms with van der Waals surface area (Å²) in [5, 5.41) is 9.99. The van der Waals surface area contributed by atoms with Crippen molar-refractivity contribution in [3.8, 4) is 0 Å². The molecule has 1 aliphatic carbocycles. The molecule has 0 aromatic heterocycles. The molecule has 0 fully saturated rings. The van der Waals surface area contributed by atoms with Crippen molar-refractivity contribution < 1.29 is 22.1 Å². The fourth-order valence-electron chi connectivity index (χ4n) is 3.16. The molecule has 0 amide bonds. The summed E-state index contributed by atoms with van der Waals surface area (Å²) in [7, 11) is 9.78. The summed E-state index contributed by atoms with van der Waals surface area (Å²) in [6, 6.07) is 30.8. The summed E-state index contributed by atoms with van der Waals surface area (Å²) in [4.78, 5) is 0. The van der Waals surface area contributed by atoms with Gasteiger partial charge in [-0.05, 0) is 31.4 Å². The van der Waals surface area contributed by atoms with Crippen LogP contribution in [0.1, 0.15) is 43.1 Å². The third kappa shape index (κ3) is 7.58. The van der Waals surface area contributed by atoms with Crippen LogP contribution in [0.25, 0.3) is 5.57 Å². The molecular formula is C26H25Cl2OTi-. The molecule has 0 atom stereocenters. The predicted octanol–water partition coefficient (Wildman–Crippen LogP) is 7.76. The Hall–Kier alpha value is -1.61. The van der Waals surface area contributed by atoms with Gasteiger partial charge in [0.15, 0.2) is 0 Å². The standard InChI is InChI=1S/C13H12O.C13H13.2ClH.Ti/c14-13(11-7-3-1-4-8-11)12-9-5-2-6-10-12;1-10-8-9-13(11(10)2)12-6-4-3-5-7-12;;;/h1-10,13-14H;3-6,8H,9H2,1-2H3;2*1H;/q;-1;;;+2/p-2. The molecule has 0 bridgehead atoms. The first kappa shape index (κ1) is 24.7. The average Bonchev–Trinajstić information content (AvgIpc) is 3.14. The number of rotatable bonds is 3. The molecule has 0 heterocycles. The number of halogens is 2. The van der Waals surface area contributed by atoms with Crippen LogP contribution in [0.3, 0.4) is 0 Å². The van der Waals surface area contributed by atoms with Crippen LogP contribution in [0.5, 0.6) is 0 Å². The van der Waals surface area contributed by atoms with Crippen LogP contribution in [0.15, 0.2) is 102 Å². The molecule has 1 aliphatic rings. The van der Waals surface area contributed by atoms with Crippen LogP contribution < -0.4 is 0 Å². The Balaban J connectivity index is 0.000000190. The second-order valence-electron chi connectivity index (χ2n) is 6.77. The summed E-state index contributed by atoms with van der Waals surface area (Å²) in [5.41, 5.74) is 7.36. The van der Waals surface area contributed by atoms with Crippen molar-refractivity contribution >= 4 is 24.2 Å². The average molecular weight is 472 g/mol. The maximum absolute atomic E-state index is 9.99. The molecule has 3 aromatic carbocycles. The van der Waals surface area contributed by atoms with Crippen molar-refractivity contribution in [2.75, 3.05) is 0 Å².